The SMILES string of the molecule is CCCCCCCCCC(=O)OCC(O)COP(=O)([O-])OCC[N+](C)(C)C. The van der Waals surface area contributed by atoms with Crippen LogP contribution in [-0.4, -0.2) is 69.2 Å². The second-order valence-electron chi connectivity index (χ2n) is 7.80. The Morgan fingerprint density at radius 1 is 1.04 bits per heavy atom. The van der Waals surface area contributed by atoms with E-state index < -0.39 is 26.5 Å². The predicted octanol–water partition coefficient (Wildman–Crippen LogP) is 2.24. The minimum Gasteiger partial charge on any atom is -0.756 e. The minimum atomic E-state index is -4.47. The number of quaternary nitrogens is 1. The van der Waals surface area contributed by atoms with Crippen molar-refractivity contribution in [2.45, 2.75) is 64.4 Å². The minimum absolute atomic E-state index is 0.00615. The predicted molar refractivity (Wildman–Crippen MR) is 102 cm³/mol. The van der Waals surface area contributed by atoms with Crippen LogP contribution in [0.15, 0.2) is 0 Å². The number of unbranched alkanes of at least 4 members (excludes halogenated alkanes) is 6. The number of phosphoric ester groups is 1. The van der Waals surface area contributed by atoms with Crippen molar-refractivity contribution >= 4 is 13.8 Å². The summed E-state index contributed by atoms with van der Waals surface area (Å²) in [4.78, 5) is 23.2. The van der Waals surface area contributed by atoms with Crippen LogP contribution in [0.2, 0.25) is 0 Å². The maximum Gasteiger partial charge on any atom is 0.305 e. The number of carbonyl (C=O) groups excluding carboxylic acids is 1. The summed E-state index contributed by atoms with van der Waals surface area (Å²) >= 11 is 0. The Labute approximate surface area is 164 Å². The lowest BCUT2D eigenvalue weighted by Crippen LogP contribution is -2.37. The molecule has 27 heavy (non-hydrogen) atoms. The first-order valence-electron chi connectivity index (χ1n) is 9.80. The second kappa shape index (κ2) is 14.5. The van der Waals surface area contributed by atoms with Gasteiger partial charge >= 0.3 is 5.97 Å². The van der Waals surface area contributed by atoms with Gasteiger partial charge in [-0.2, -0.15) is 0 Å². The van der Waals surface area contributed by atoms with Gasteiger partial charge in [-0.1, -0.05) is 45.4 Å². The van der Waals surface area contributed by atoms with E-state index in [0.29, 0.717) is 17.4 Å². The highest BCUT2D eigenvalue weighted by Gasteiger charge is 2.16. The Kier molecular flexibility index (Phi) is 14.2. The van der Waals surface area contributed by atoms with Crippen LogP contribution in [0.1, 0.15) is 58.3 Å². The standard InChI is InChI=1S/C18H38NO7P/c1-5-6-7-8-9-10-11-12-18(21)24-15-17(20)16-26-27(22,23)25-14-13-19(2,3)4/h17,20H,5-16H2,1-4H3. The number of carbonyl (C=O) groups is 1. The number of esters is 1. The fourth-order valence-corrected chi connectivity index (χ4v) is 2.91. The lowest BCUT2D eigenvalue weighted by Gasteiger charge is -2.27. The van der Waals surface area contributed by atoms with Gasteiger partial charge in [0, 0.05) is 6.42 Å². The van der Waals surface area contributed by atoms with Gasteiger partial charge in [-0.3, -0.25) is 9.36 Å². The third-order valence-corrected chi connectivity index (χ3v) is 4.82. The molecule has 0 aliphatic rings. The van der Waals surface area contributed by atoms with Crippen LogP contribution in [0.5, 0.6) is 0 Å². The van der Waals surface area contributed by atoms with Crippen molar-refractivity contribution in [3.63, 3.8) is 0 Å². The molecule has 9 heteroatoms. The summed E-state index contributed by atoms with van der Waals surface area (Å²) < 4.78 is 26.4. The van der Waals surface area contributed by atoms with Crippen LogP contribution in [0.25, 0.3) is 0 Å². The van der Waals surface area contributed by atoms with Gasteiger partial charge in [0.25, 0.3) is 7.82 Å². The smallest absolute Gasteiger partial charge is 0.305 e. The first-order valence-corrected chi connectivity index (χ1v) is 11.3. The second-order valence-corrected chi connectivity index (χ2v) is 9.21. The molecular formula is C18H38NO7P. The first kappa shape index (κ1) is 26.5. The van der Waals surface area contributed by atoms with Gasteiger partial charge in [-0.15, -0.1) is 0 Å². The fraction of sp³-hybridized carbons (Fsp3) is 0.944. The van der Waals surface area contributed by atoms with E-state index >= 15 is 0 Å². The molecular weight excluding hydrogens is 373 g/mol. The quantitative estimate of drug-likeness (QED) is 0.169. The highest BCUT2D eigenvalue weighted by Crippen LogP contribution is 2.38. The zero-order valence-corrected chi connectivity index (χ0v) is 18.2. The highest BCUT2D eigenvalue weighted by molar-refractivity contribution is 7.45. The van der Waals surface area contributed by atoms with Crippen LogP contribution >= 0.6 is 7.82 Å². The Hall–Kier alpha value is -0.500. The van der Waals surface area contributed by atoms with Crippen LogP contribution in [0, 0.1) is 0 Å². The van der Waals surface area contributed by atoms with Gasteiger partial charge in [-0.25, -0.2) is 0 Å². The highest BCUT2D eigenvalue weighted by atomic mass is 31.2. The van der Waals surface area contributed by atoms with Gasteiger partial charge in [-0.05, 0) is 6.42 Å². The monoisotopic (exact) mass is 411 g/mol. The maximum atomic E-state index is 11.6. The van der Waals surface area contributed by atoms with Crippen molar-refractivity contribution in [1.82, 2.24) is 0 Å². The topological polar surface area (TPSA) is 105 Å². The molecule has 162 valence electrons. The molecule has 0 bridgehead atoms. The number of nitrogens with zero attached hydrogens (tertiary/aromatic N) is 1. The fourth-order valence-electron chi connectivity index (χ4n) is 2.18. The van der Waals surface area contributed by atoms with Crippen LogP contribution in [-0.2, 0) is 23.1 Å². The van der Waals surface area contributed by atoms with Crippen molar-refractivity contribution in [2.24, 2.45) is 0 Å². The lowest BCUT2D eigenvalue weighted by atomic mass is 10.1. The van der Waals surface area contributed by atoms with Crippen molar-refractivity contribution in [3.05, 3.63) is 0 Å². The largest absolute Gasteiger partial charge is 0.756 e. The molecule has 0 fully saturated rings. The molecule has 0 rings (SSSR count). The maximum absolute atomic E-state index is 11.6. The Bertz CT molecular complexity index is 440. The summed E-state index contributed by atoms with van der Waals surface area (Å²) in [6.45, 7) is 1.86. The summed E-state index contributed by atoms with van der Waals surface area (Å²) in [5.41, 5.74) is 0. The number of hydrogen-bond acceptors (Lipinski definition) is 7. The lowest BCUT2D eigenvalue weighted by molar-refractivity contribution is -0.870. The van der Waals surface area contributed by atoms with Crippen molar-refractivity contribution in [1.29, 1.82) is 0 Å². The van der Waals surface area contributed by atoms with Gasteiger partial charge in [0.05, 0.1) is 27.7 Å². The third kappa shape index (κ3) is 18.6. The van der Waals surface area contributed by atoms with Crippen LogP contribution in [0.3, 0.4) is 0 Å². The zero-order chi connectivity index (χ0) is 20.8. The molecule has 2 unspecified atom stereocenters. The van der Waals surface area contributed by atoms with E-state index in [1.165, 1.54) is 25.7 Å². The number of aliphatic hydroxyl groups excluding tert-OH is 1. The molecule has 0 saturated carbocycles. The van der Waals surface area contributed by atoms with Gasteiger partial charge in [0.1, 0.15) is 25.9 Å². The van der Waals surface area contributed by atoms with E-state index in [-0.39, 0.29) is 13.2 Å². The van der Waals surface area contributed by atoms with Crippen LogP contribution < -0.4 is 4.89 Å². The Morgan fingerprint density at radius 2 is 1.63 bits per heavy atom. The molecule has 0 saturated heterocycles. The average molecular weight is 411 g/mol. The molecule has 0 aromatic carbocycles. The number of likely N-dealkylation sites (N-methyl/N-ethyl adjacent to an activating group) is 1. The summed E-state index contributed by atoms with van der Waals surface area (Å²) in [5, 5.41) is 9.69. The average Bonchev–Trinajstić information content (AvgIpc) is 2.56. The zero-order valence-electron chi connectivity index (χ0n) is 17.4. The number of hydrogen-bond donors (Lipinski definition) is 1. The van der Waals surface area contributed by atoms with E-state index in [1.54, 1.807) is 0 Å². The van der Waals surface area contributed by atoms with E-state index in [2.05, 4.69) is 11.4 Å². The molecule has 0 aromatic rings. The molecule has 0 radical (unpaired) electrons. The molecule has 0 aromatic heterocycles. The summed E-state index contributed by atoms with van der Waals surface area (Å²) in [6, 6.07) is 0. The van der Waals surface area contributed by atoms with Gasteiger partial charge < -0.3 is 28.3 Å². The molecule has 0 aliphatic heterocycles. The van der Waals surface area contributed by atoms with Gasteiger partial charge in [0.2, 0.25) is 0 Å². The van der Waals surface area contributed by atoms with E-state index in [0.717, 1.165) is 19.3 Å². The van der Waals surface area contributed by atoms with Gasteiger partial charge in [0.15, 0.2) is 0 Å². The molecule has 0 spiro atoms. The molecule has 1 N–H and O–H groups in total. The molecule has 2 atom stereocenters. The van der Waals surface area contributed by atoms with E-state index in [9.17, 15) is 19.4 Å². The van der Waals surface area contributed by atoms with Crippen LogP contribution in [0.4, 0.5) is 0 Å². The molecule has 0 amide bonds. The first-order chi connectivity index (χ1) is 12.6. The number of ether oxygens (including phenoxy) is 1. The number of rotatable bonds is 17. The Balaban J connectivity index is 3.75. The molecule has 0 aliphatic carbocycles. The summed E-state index contributed by atoms with van der Waals surface area (Å²) in [7, 11) is 1.25. The third-order valence-electron chi connectivity index (χ3n) is 3.86. The normalized spacial score (nSPS) is 15.3. The number of phosphoric acid groups is 1. The van der Waals surface area contributed by atoms with E-state index in [1.807, 2.05) is 21.1 Å². The number of aliphatic hydroxyl groups is 1. The molecule has 0 heterocycles. The van der Waals surface area contributed by atoms with Crippen molar-refractivity contribution < 1.29 is 37.6 Å². The molecule has 8 nitrogen and oxygen atoms in total. The van der Waals surface area contributed by atoms with E-state index in [4.69, 9.17) is 9.26 Å². The van der Waals surface area contributed by atoms with Crippen molar-refractivity contribution in [2.75, 3.05) is 47.5 Å². The summed E-state index contributed by atoms with van der Waals surface area (Å²) in [6.07, 6.45) is 6.81. The van der Waals surface area contributed by atoms with Crippen molar-refractivity contribution in [3.8, 4) is 0 Å². The Morgan fingerprint density at radius 3 is 2.22 bits per heavy atom. The summed E-state index contributed by atoms with van der Waals surface area (Å²) in [5.74, 6) is -0.396.